The Balaban J connectivity index is 2.45. The van der Waals surface area contributed by atoms with E-state index in [0.717, 1.165) is 5.56 Å². The van der Waals surface area contributed by atoms with Crippen LogP contribution in [-0.4, -0.2) is 5.11 Å². The summed E-state index contributed by atoms with van der Waals surface area (Å²) in [7, 11) is 0. The van der Waals surface area contributed by atoms with E-state index >= 15 is 0 Å². The van der Waals surface area contributed by atoms with E-state index in [1.54, 1.807) is 6.07 Å². The van der Waals surface area contributed by atoms with Crippen molar-refractivity contribution in [3.63, 3.8) is 0 Å². The highest BCUT2D eigenvalue weighted by atomic mass is 35.5. The fourth-order valence-corrected chi connectivity index (χ4v) is 1.53. The lowest BCUT2D eigenvalue weighted by Gasteiger charge is -2.02. The quantitative estimate of drug-likeness (QED) is 0.684. The molecule has 1 aliphatic rings. The van der Waals surface area contributed by atoms with E-state index in [1.165, 1.54) is 12.8 Å². The first-order valence-corrected chi connectivity index (χ1v) is 4.14. The van der Waals surface area contributed by atoms with Crippen LogP contribution in [0.4, 0.5) is 0 Å². The molecule has 0 bridgehead atoms. The Hall–Kier alpha value is -0.690. The Morgan fingerprint density at radius 1 is 1.36 bits per heavy atom. The third-order valence-electron chi connectivity index (χ3n) is 2.03. The number of hydrogen-bond donors (Lipinski definition) is 1. The summed E-state index contributed by atoms with van der Waals surface area (Å²) < 4.78 is 0. The Bertz CT molecular complexity index is 279. The van der Waals surface area contributed by atoms with Gasteiger partial charge in [0, 0.05) is 0 Å². The average Bonchev–Trinajstić information content (AvgIpc) is 2.77. The molecule has 1 N–H and O–H groups in total. The first-order chi connectivity index (χ1) is 5.29. The van der Waals surface area contributed by atoms with Gasteiger partial charge in [-0.05, 0) is 30.4 Å². The maximum Gasteiger partial charge on any atom is 0.134 e. The van der Waals surface area contributed by atoms with Crippen LogP contribution in [0.3, 0.4) is 0 Å². The van der Waals surface area contributed by atoms with Crippen LogP contribution in [0.1, 0.15) is 24.3 Å². The van der Waals surface area contributed by atoms with Crippen molar-refractivity contribution in [3.05, 3.63) is 28.8 Å². The Morgan fingerprint density at radius 2 is 2.09 bits per heavy atom. The summed E-state index contributed by atoms with van der Waals surface area (Å²) in [6.07, 6.45) is 2.42. The number of phenolic OH excluding ortho intramolecular Hbond substituents is 1. The molecule has 0 aromatic heterocycles. The van der Waals surface area contributed by atoms with Gasteiger partial charge in [0.2, 0.25) is 0 Å². The van der Waals surface area contributed by atoms with E-state index in [2.05, 4.69) is 0 Å². The minimum atomic E-state index is 0.205. The smallest absolute Gasteiger partial charge is 0.134 e. The van der Waals surface area contributed by atoms with Crippen molar-refractivity contribution in [1.29, 1.82) is 0 Å². The molecule has 0 aliphatic heterocycles. The monoisotopic (exact) mass is 168 g/mol. The van der Waals surface area contributed by atoms with Crippen molar-refractivity contribution < 1.29 is 5.11 Å². The van der Waals surface area contributed by atoms with Gasteiger partial charge in [-0.15, -0.1) is 0 Å². The molecule has 0 unspecified atom stereocenters. The van der Waals surface area contributed by atoms with Crippen LogP contribution in [0.5, 0.6) is 5.75 Å². The highest BCUT2D eigenvalue weighted by Gasteiger charge is 2.26. The van der Waals surface area contributed by atoms with Crippen LogP contribution in [0.25, 0.3) is 0 Å². The molecule has 2 rings (SSSR count). The van der Waals surface area contributed by atoms with E-state index in [4.69, 9.17) is 11.6 Å². The summed E-state index contributed by atoms with van der Waals surface area (Å²) in [5.74, 6) is 0.811. The van der Waals surface area contributed by atoms with Crippen LogP contribution in [0.15, 0.2) is 18.2 Å². The summed E-state index contributed by atoms with van der Waals surface area (Å²) in [6, 6.07) is 5.45. The molecule has 11 heavy (non-hydrogen) atoms. The van der Waals surface area contributed by atoms with Gasteiger partial charge >= 0.3 is 0 Å². The Labute approximate surface area is 70.6 Å². The van der Waals surface area contributed by atoms with Gasteiger partial charge in [-0.2, -0.15) is 0 Å². The molecule has 1 aromatic carbocycles. The molecular weight excluding hydrogens is 160 g/mol. The van der Waals surface area contributed by atoms with Crippen molar-refractivity contribution in [3.8, 4) is 5.75 Å². The Morgan fingerprint density at radius 3 is 2.73 bits per heavy atom. The fourth-order valence-electron chi connectivity index (χ4n) is 1.25. The predicted molar refractivity (Wildman–Crippen MR) is 45.1 cm³/mol. The molecule has 0 saturated heterocycles. The largest absolute Gasteiger partial charge is 0.506 e. The van der Waals surface area contributed by atoms with Gasteiger partial charge in [-0.1, -0.05) is 23.7 Å². The van der Waals surface area contributed by atoms with Gasteiger partial charge in [-0.25, -0.2) is 0 Å². The molecule has 0 spiro atoms. The van der Waals surface area contributed by atoms with E-state index in [9.17, 15) is 5.11 Å². The second-order valence-electron chi connectivity index (χ2n) is 2.95. The molecule has 2 heteroatoms. The van der Waals surface area contributed by atoms with Crippen LogP contribution in [0, 0.1) is 0 Å². The number of phenols is 1. The fraction of sp³-hybridized carbons (Fsp3) is 0.333. The van der Waals surface area contributed by atoms with Crippen LogP contribution in [-0.2, 0) is 0 Å². The second-order valence-corrected chi connectivity index (χ2v) is 3.33. The molecular formula is C9H9ClO. The number of halogens is 1. The topological polar surface area (TPSA) is 20.2 Å². The lowest BCUT2D eigenvalue weighted by molar-refractivity contribution is 0.475. The van der Waals surface area contributed by atoms with E-state index < -0.39 is 0 Å². The molecule has 0 amide bonds. The standard InChI is InChI=1S/C9H9ClO/c10-9-7(6-4-5-6)2-1-3-8(9)11/h1-3,6,11H,4-5H2. The maximum atomic E-state index is 9.24. The molecule has 1 fully saturated rings. The molecule has 0 atom stereocenters. The van der Waals surface area contributed by atoms with Gasteiger partial charge in [0.15, 0.2) is 0 Å². The van der Waals surface area contributed by atoms with Crippen molar-refractivity contribution in [1.82, 2.24) is 0 Å². The molecule has 1 nitrogen and oxygen atoms in total. The minimum absolute atomic E-state index is 0.205. The minimum Gasteiger partial charge on any atom is -0.506 e. The van der Waals surface area contributed by atoms with Crippen molar-refractivity contribution >= 4 is 11.6 Å². The van der Waals surface area contributed by atoms with Crippen LogP contribution < -0.4 is 0 Å². The van der Waals surface area contributed by atoms with Gasteiger partial charge in [0.25, 0.3) is 0 Å². The molecule has 0 radical (unpaired) electrons. The summed E-state index contributed by atoms with van der Waals surface area (Å²) in [6.45, 7) is 0. The van der Waals surface area contributed by atoms with E-state index in [1.807, 2.05) is 12.1 Å². The van der Waals surface area contributed by atoms with Crippen LogP contribution >= 0.6 is 11.6 Å². The first-order valence-electron chi connectivity index (χ1n) is 3.76. The number of rotatable bonds is 1. The summed E-state index contributed by atoms with van der Waals surface area (Å²) in [4.78, 5) is 0. The summed E-state index contributed by atoms with van der Waals surface area (Å²) in [5.41, 5.74) is 1.10. The molecule has 58 valence electrons. The van der Waals surface area contributed by atoms with E-state index in [-0.39, 0.29) is 5.75 Å². The SMILES string of the molecule is Oc1cccc(C2CC2)c1Cl. The molecule has 0 heterocycles. The van der Waals surface area contributed by atoms with Gasteiger partial charge < -0.3 is 5.11 Å². The maximum absolute atomic E-state index is 9.24. The third-order valence-corrected chi connectivity index (χ3v) is 2.44. The zero-order valence-electron chi connectivity index (χ0n) is 6.05. The van der Waals surface area contributed by atoms with Gasteiger partial charge in [0.05, 0.1) is 5.02 Å². The first kappa shape index (κ1) is 6.99. The normalized spacial score (nSPS) is 16.8. The molecule has 1 saturated carbocycles. The zero-order valence-corrected chi connectivity index (χ0v) is 6.80. The lowest BCUT2D eigenvalue weighted by atomic mass is 10.1. The van der Waals surface area contributed by atoms with Gasteiger partial charge in [0.1, 0.15) is 5.75 Å². The summed E-state index contributed by atoms with van der Waals surface area (Å²) >= 11 is 5.88. The molecule has 1 aromatic rings. The highest BCUT2D eigenvalue weighted by molar-refractivity contribution is 6.32. The predicted octanol–water partition coefficient (Wildman–Crippen LogP) is 2.92. The van der Waals surface area contributed by atoms with Crippen molar-refractivity contribution in [2.75, 3.05) is 0 Å². The van der Waals surface area contributed by atoms with Crippen molar-refractivity contribution in [2.24, 2.45) is 0 Å². The van der Waals surface area contributed by atoms with Crippen molar-refractivity contribution in [2.45, 2.75) is 18.8 Å². The highest BCUT2D eigenvalue weighted by Crippen LogP contribution is 2.45. The third kappa shape index (κ3) is 1.21. The van der Waals surface area contributed by atoms with E-state index in [0.29, 0.717) is 10.9 Å². The van der Waals surface area contributed by atoms with Gasteiger partial charge in [-0.3, -0.25) is 0 Å². The number of aromatic hydroxyl groups is 1. The number of benzene rings is 1. The average molecular weight is 169 g/mol. The second kappa shape index (κ2) is 2.42. The zero-order chi connectivity index (χ0) is 7.84. The van der Waals surface area contributed by atoms with Crippen LogP contribution in [0.2, 0.25) is 5.02 Å². The molecule has 1 aliphatic carbocycles. The Kier molecular flexibility index (Phi) is 1.53. The number of hydrogen-bond acceptors (Lipinski definition) is 1. The lowest BCUT2D eigenvalue weighted by Crippen LogP contribution is -1.80. The summed E-state index contributed by atoms with van der Waals surface area (Å²) in [5, 5.41) is 9.78.